The number of nitrogens with zero attached hydrogens (tertiary/aromatic N) is 1. The van der Waals surface area contributed by atoms with Crippen molar-refractivity contribution < 1.29 is 14.3 Å². The first-order valence-corrected chi connectivity index (χ1v) is 7.18. The van der Waals surface area contributed by atoms with Crippen LogP contribution < -0.4 is 5.32 Å². The maximum absolute atomic E-state index is 12.1. The summed E-state index contributed by atoms with van der Waals surface area (Å²) >= 11 is 0. The molecule has 0 aromatic heterocycles. The first-order valence-electron chi connectivity index (χ1n) is 7.18. The van der Waals surface area contributed by atoms with Crippen molar-refractivity contribution in [3.63, 3.8) is 0 Å². The highest BCUT2D eigenvalue weighted by atomic mass is 16.5. The Morgan fingerprint density at radius 2 is 2.21 bits per heavy atom. The molecule has 5 nitrogen and oxygen atoms in total. The topological polar surface area (TPSA) is 50.8 Å². The molecule has 1 fully saturated rings. The average Bonchev–Trinajstić information content (AvgIpc) is 2.39. The second kappa shape index (κ2) is 7.22. The van der Waals surface area contributed by atoms with E-state index in [4.69, 9.17) is 9.47 Å². The maximum atomic E-state index is 12.1. The average molecular weight is 272 g/mol. The molecule has 112 valence electrons. The number of hydrogen-bond donors (Lipinski definition) is 1. The second-order valence-electron chi connectivity index (χ2n) is 5.44. The van der Waals surface area contributed by atoms with Crippen molar-refractivity contribution in [1.29, 1.82) is 0 Å². The summed E-state index contributed by atoms with van der Waals surface area (Å²) in [6, 6.07) is 0.373. The highest BCUT2D eigenvalue weighted by Crippen LogP contribution is 2.18. The third-order valence-corrected chi connectivity index (χ3v) is 3.85. The SMILES string of the molecule is CCOC(=O)C(C)(CN1CC(C)OCC1CC)NC. The van der Waals surface area contributed by atoms with Crippen molar-refractivity contribution in [2.75, 3.05) is 33.4 Å². The number of carbonyl (C=O) groups excluding carboxylic acids is 1. The smallest absolute Gasteiger partial charge is 0.327 e. The minimum Gasteiger partial charge on any atom is -0.465 e. The minimum atomic E-state index is -0.666. The summed E-state index contributed by atoms with van der Waals surface area (Å²) in [5.41, 5.74) is -0.666. The van der Waals surface area contributed by atoms with Gasteiger partial charge in [0.05, 0.1) is 19.3 Å². The van der Waals surface area contributed by atoms with Crippen molar-refractivity contribution in [3.05, 3.63) is 0 Å². The van der Waals surface area contributed by atoms with Crippen LogP contribution in [0.1, 0.15) is 34.1 Å². The maximum Gasteiger partial charge on any atom is 0.327 e. The first-order chi connectivity index (χ1) is 8.96. The van der Waals surface area contributed by atoms with E-state index in [1.807, 2.05) is 20.9 Å². The van der Waals surface area contributed by atoms with Crippen LogP contribution in [-0.2, 0) is 14.3 Å². The zero-order valence-corrected chi connectivity index (χ0v) is 12.9. The molecule has 1 aliphatic heterocycles. The molecule has 1 saturated heterocycles. The number of morpholine rings is 1. The number of carbonyl (C=O) groups is 1. The van der Waals surface area contributed by atoms with Crippen LogP contribution in [0.15, 0.2) is 0 Å². The Bertz CT molecular complexity index is 298. The largest absolute Gasteiger partial charge is 0.465 e. The van der Waals surface area contributed by atoms with E-state index in [2.05, 4.69) is 24.1 Å². The molecule has 3 unspecified atom stereocenters. The molecular weight excluding hydrogens is 244 g/mol. The third kappa shape index (κ3) is 4.16. The molecule has 1 N–H and O–H groups in total. The Hall–Kier alpha value is -0.650. The van der Waals surface area contributed by atoms with Gasteiger partial charge in [0, 0.05) is 19.1 Å². The molecule has 0 bridgehead atoms. The van der Waals surface area contributed by atoms with Gasteiger partial charge in [0.15, 0.2) is 0 Å². The molecule has 1 heterocycles. The van der Waals surface area contributed by atoms with E-state index in [9.17, 15) is 4.79 Å². The monoisotopic (exact) mass is 272 g/mol. The van der Waals surface area contributed by atoms with Crippen LogP contribution in [0.5, 0.6) is 0 Å². The lowest BCUT2D eigenvalue weighted by molar-refractivity contribution is -0.153. The predicted molar refractivity (Wildman–Crippen MR) is 75.2 cm³/mol. The van der Waals surface area contributed by atoms with Crippen LogP contribution in [-0.4, -0.2) is 61.9 Å². The molecule has 5 heteroatoms. The quantitative estimate of drug-likeness (QED) is 0.732. The summed E-state index contributed by atoms with van der Waals surface area (Å²) < 4.78 is 10.9. The van der Waals surface area contributed by atoms with Crippen LogP contribution in [0.25, 0.3) is 0 Å². The molecule has 1 aliphatic rings. The molecule has 0 aromatic rings. The van der Waals surface area contributed by atoms with Crippen LogP contribution in [0.4, 0.5) is 0 Å². The second-order valence-corrected chi connectivity index (χ2v) is 5.44. The molecule has 0 saturated carbocycles. The molecule has 0 spiro atoms. The molecule has 0 amide bonds. The summed E-state index contributed by atoms with van der Waals surface area (Å²) in [7, 11) is 1.81. The summed E-state index contributed by atoms with van der Waals surface area (Å²) in [4.78, 5) is 14.4. The summed E-state index contributed by atoms with van der Waals surface area (Å²) in [6.07, 6.45) is 1.24. The lowest BCUT2D eigenvalue weighted by Gasteiger charge is -2.42. The van der Waals surface area contributed by atoms with E-state index in [-0.39, 0.29) is 12.1 Å². The Morgan fingerprint density at radius 3 is 2.74 bits per heavy atom. The van der Waals surface area contributed by atoms with E-state index < -0.39 is 5.54 Å². The van der Waals surface area contributed by atoms with E-state index in [0.29, 0.717) is 19.2 Å². The van der Waals surface area contributed by atoms with Crippen LogP contribution in [0.3, 0.4) is 0 Å². The summed E-state index contributed by atoms with van der Waals surface area (Å²) in [5, 5.41) is 3.11. The van der Waals surface area contributed by atoms with Gasteiger partial charge in [-0.05, 0) is 34.2 Å². The van der Waals surface area contributed by atoms with Gasteiger partial charge in [-0.15, -0.1) is 0 Å². The fourth-order valence-corrected chi connectivity index (χ4v) is 2.42. The summed E-state index contributed by atoms with van der Waals surface area (Å²) in [6.45, 7) is 10.6. The molecule has 3 atom stereocenters. The number of rotatable bonds is 6. The molecule has 0 aliphatic carbocycles. The van der Waals surface area contributed by atoms with Gasteiger partial charge in [0.2, 0.25) is 0 Å². The number of likely N-dealkylation sites (N-methyl/N-ethyl adjacent to an activating group) is 1. The minimum absolute atomic E-state index is 0.188. The zero-order chi connectivity index (χ0) is 14.5. The van der Waals surface area contributed by atoms with Gasteiger partial charge in [0.25, 0.3) is 0 Å². The van der Waals surface area contributed by atoms with Crippen LogP contribution in [0.2, 0.25) is 0 Å². The molecule has 0 radical (unpaired) electrons. The number of esters is 1. The Labute approximate surface area is 116 Å². The van der Waals surface area contributed by atoms with Crippen molar-refractivity contribution in [2.45, 2.75) is 51.8 Å². The number of nitrogens with one attached hydrogen (secondary N) is 1. The van der Waals surface area contributed by atoms with Gasteiger partial charge in [-0.25, -0.2) is 0 Å². The molecule has 19 heavy (non-hydrogen) atoms. The molecular formula is C14H28N2O3. The van der Waals surface area contributed by atoms with Crippen molar-refractivity contribution in [2.24, 2.45) is 0 Å². The zero-order valence-electron chi connectivity index (χ0n) is 12.9. The van der Waals surface area contributed by atoms with Gasteiger partial charge in [-0.3, -0.25) is 9.69 Å². The number of hydrogen-bond acceptors (Lipinski definition) is 5. The van der Waals surface area contributed by atoms with Gasteiger partial charge >= 0.3 is 5.97 Å². The highest BCUT2D eigenvalue weighted by molar-refractivity contribution is 5.80. The lowest BCUT2D eigenvalue weighted by Crippen LogP contribution is -2.61. The van der Waals surface area contributed by atoms with Crippen molar-refractivity contribution >= 4 is 5.97 Å². The lowest BCUT2D eigenvalue weighted by atomic mass is 9.99. The van der Waals surface area contributed by atoms with E-state index >= 15 is 0 Å². The Balaban J connectivity index is 2.74. The predicted octanol–water partition coefficient (Wildman–Crippen LogP) is 1.03. The fourth-order valence-electron chi connectivity index (χ4n) is 2.42. The molecule has 0 aromatic carbocycles. The van der Waals surface area contributed by atoms with Crippen molar-refractivity contribution in [1.82, 2.24) is 10.2 Å². The van der Waals surface area contributed by atoms with Crippen LogP contribution in [0, 0.1) is 0 Å². The van der Waals surface area contributed by atoms with E-state index in [1.165, 1.54) is 0 Å². The van der Waals surface area contributed by atoms with E-state index in [1.54, 1.807) is 0 Å². The van der Waals surface area contributed by atoms with Crippen molar-refractivity contribution in [3.8, 4) is 0 Å². The third-order valence-electron chi connectivity index (χ3n) is 3.85. The van der Waals surface area contributed by atoms with Crippen LogP contribution >= 0.6 is 0 Å². The highest BCUT2D eigenvalue weighted by Gasteiger charge is 2.38. The standard InChI is InChI=1S/C14H28N2O3/c1-6-12-9-19-11(3)8-16(12)10-14(4,15-5)13(17)18-7-2/h11-12,15H,6-10H2,1-5H3. The normalized spacial score (nSPS) is 27.8. The molecule has 1 rings (SSSR count). The summed E-state index contributed by atoms with van der Waals surface area (Å²) in [5.74, 6) is -0.188. The van der Waals surface area contributed by atoms with Gasteiger partial charge in [-0.1, -0.05) is 6.92 Å². The number of ether oxygens (including phenoxy) is 2. The first kappa shape index (κ1) is 16.4. The fraction of sp³-hybridized carbons (Fsp3) is 0.929. The van der Waals surface area contributed by atoms with Gasteiger partial charge in [0.1, 0.15) is 5.54 Å². The van der Waals surface area contributed by atoms with Gasteiger partial charge < -0.3 is 14.8 Å². The Kier molecular flexibility index (Phi) is 6.23. The van der Waals surface area contributed by atoms with E-state index in [0.717, 1.165) is 19.6 Å². The van der Waals surface area contributed by atoms with Gasteiger partial charge in [-0.2, -0.15) is 0 Å². The Morgan fingerprint density at radius 1 is 1.53 bits per heavy atom.